The maximum absolute atomic E-state index is 12.2. The van der Waals surface area contributed by atoms with E-state index in [1.54, 1.807) is 24.4 Å². The monoisotopic (exact) mass is 303 g/mol. The summed E-state index contributed by atoms with van der Waals surface area (Å²) in [4.78, 5) is 22.9. The summed E-state index contributed by atoms with van der Waals surface area (Å²) in [6, 6.07) is 8.78. The first-order valence-corrected chi connectivity index (χ1v) is 6.49. The molecule has 0 radical (unpaired) electrons. The molecule has 0 amide bonds. The van der Waals surface area contributed by atoms with Gasteiger partial charge in [-0.2, -0.15) is 5.10 Å². The van der Waals surface area contributed by atoms with Crippen LogP contribution in [0.2, 0.25) is 5.02 Å². The summed E-state index contributed by atoms with van der Waals surface area (Å²) in [5.74, 6) is -1.08. The van der Waals surface area contributed by atoms with Gasteiger partial charge in [0.15, 0.2) is 0 Å². The standard InChI is InChI=1S/C14H10ClN3O3/c15-10-4-2-1-3-9(10)11-7-12-14(21)17(8-13(19)20)5-6-18(12)16-11/h1-7H,8H2,(H,19,20). The average molecular weight is 304 g/mol. The number of hydrogen-bond acceptors (Lipinski definition) is 3. The smallest absolute Gasteiger partial charge is 0.323 e. The normalized spacial score (nSPS) is 10.9. The Morgan fingerprint density at radius 3 is 2.76 bits per heavy atom. The number of carboxylic acids is 1. The van der Waals surface area contributed by atoms with Gasteiger partial charge in [0.2, 0.25) is 0 Å². The summed E-state index contributed by atoms with van der Waals surface area (Å²) < 4.78 is 2.54. The number of fused-ring (bicyclic) bond motifs is 1. The zero-order valence-electron chi connectivity index (χ0n) is 10.7. The van der Waals surface area contributed by atoms with Crippen molar-refractivity contribution in [2.45, 2.75) is 6.54 Å². The largest absolute Gasteiger partial charge is 0.480 e. The molecule has 0 fully saturated rings. The number of nitrogens with zero attached hydrogens (tertiary/aromatic N) is 3. The zero-order valence-corrected chi connectivity index (χ0v) is 11.5. The number of hydrogen-bond donors (Lipinski definition) is 1. The van der Waals surface area contributed by atoms with Gasteiger partial charge in [-0.15, -0.1) is 0 Å². The summed E-state index contributed by atoms with van der Waals surface area (Å²) in [5.41, 5.74) is 1.16. The second-order valence-electron chi connectivity index (χ2n) is 4.46. The fourth-order valence-electron chi connectivity index (χ4n) is 2.10. The van der Waals surface area contributed by atoms with Crippen LogP contribution in [0.4, 0.5) is 0 Å². The molecule has 3 rings (SSSR count). The van der Waals surface area contributed by atoms with Gasteiger partial charge in [0.05, 0.1) is 10.7 Å². The second-order valence-corrected chi connectivity index (χ2v) is 4.87. The highest BCUT2D eigenvalue weighted by Gasteiger charge is 2.12. The molecule has 0 atom stereocenters. The molecule has 7 heteroatoms. The van der Waals surface area contributed by atoms with E-state index in [2.05, 4.69) is 5.10 Å². The summed E-state index contributed by atoms with van der Waals surface area (Å²) >= 11 is 6.12. The van der Waals surface area contributed by atoms with Crippen LogP contribution in [0.3, 0.4) is 0 Å². The van der Waals surface area contributed by atoms with E-state index in [1.165, 1.54) is 10.7 Å². The van der Waals surface area contributed by atoms with Crippen LogP contribution in [-0.4, -0.2) is 25.3 Å². The molecule has 0 aliphatic heterocycles. The molecule has 0 aliphatic carbocycles. The van der Waals surface area contributed by atoms with E-state index in [0.29, 0.717) is 21.8 Å². The van der Waals surface area contributed by atoms with Gasteiger partial charge in [-0.05, 0) is 12.1 Å². The maximum atomic E-state index is 12.2. The highest BCUT2D eigenvalue weighted by Crippen LogP contribution is 2.26. The summed E-state index contributed by atoms with van der Waals surface area (Å²) in [6.45, 7) is -0.387. The Hall–Kier alpha value is -2.60. The molecule has 3 aromatic rings. The van der Waals surface area contributed by atoms with Crippen LogP contribution >= 0.6 is 11.6 Å². The van der Waals surface area contributed by atoms with Crippen molar-refractivity contribution < 1.29 is 9.90 Å². The predicted molar refractivity (Wildman–Crippen MR) is 77.5 cm³/mol. The first-order chi connectivity index (χ1) is 10.1. The Morgan fingerprint density at radius 2 is 2.05 bits per heavy atom. The third-order valence-electron chi connectivity index (χ3n) is 3.06. The Morgan fingerprint density at radius 1 is 1.29 bits per heavy atom. The molecule has 0 unspecified atom stereocenters. The maximum Gasteiger partial charge on any atom is 0.323 e. The van der Waals surface area contributed by atoms with Gasteiger partial charge in [0, 0.05) is 18.0 Å². The van der Waals surface area contributed by atoms with Crippen LogP contribution in [-0.2, 0) is 11.3 Å². The molecule has 106 valence electrons. The molecule has 2 heterocycles. The Kier molecular flexibility index (Phi) is 3.23. The highest BCUT2D eigenvalue weighted by molar-refractivity contribution is 6.33. The molecule has 0 saturated heterocycles. The number of benzene rings is 1. The van der Waals surface area contributed by atoms with Crippen LogP contribution in [0.25, 0.3) is 16.8 Å². The van der Waals surface area contributed by atoms with Gasteiger partial charge in [0.1, 0.15) is 12.1 Å². The second kappa shape index (κ2) is 5.06. The van der Waals surface area contributed by atoms with Crippen molar-refractivity contribution in [1.82, 2.24) is 14.2 Å². The van der Waals surface area contributed by atoms with E-state index in [0.717, 1.165) is 4.57 Å². The lowest BCUT2D eigenvalue weighted by molar-refractivity contribution is -0.137. The molecule has 0 saturated carbocycles. The number of halogens is 1. The summed E-state index contributed by atoms with van der Waals surface area (Å²) in [6.07, 6.45) is 2.94. The van der Waals surface area contributed by atoms with Gasteiger partial charge in [0.25, 0.3) is 5.56 Å². The van der Waals surface area contributed by atoms with Crippen LogP contribution in [0.5, 0.6) is 0 Å². The molecular formula is C14H10ClN3O3. The molecule has 1 aromatic carbocycles. The van der Waals surface area contributed by atoms with Gasteiger partial charge in [-0.1, -0.05) is 29.8 Å². The van der Waals surface area contributed by atoms with E-state index in [-0.39, 0.29) is 6.54 Å². The van der Waals surface area contributed by atoms with Crippen LogP contribution < -0.4 is 5.56 Å². The lowest BCUT2D eigenvalue weighted by Gasteiger charge is -2.01. The lowest BCUT2D eigenvalue weighted by Crippen LogP contribution is -2.24. The first-order valence-electron chi connectivity index (χ1n) is 6.12. The predicted octanol–water partition coefficient (Wildman–Crippen LogP) is 1.90. The van der Waals surface area contributed by atoms with Gasteiger partial charge in [-0.3, -0.25) is 9.59 Å². The molecule has 1 N–H and O–H groups in total. The fourth-order valence-corrected chi connectivity index (χ4v) is 2.33. The molecule has 0 bridgehead atoms. The third kappa shape index (κ3) is 2.41. The SMILES string of the molecule is O=C(O)Cn1ccn2nc(-c3ccccc3Cl)cc2c1=O. The van der Waals surface area contributed by atoms with E-state index in [1.807, 2.05) is 12.1 Å². The number of aliphatic carboxylic acids is 1. The molecule has 0 aliphatic rings. The number of carbonyl (C=O) groups is 1. The molecular weight excluding hydrogens is 294 g/mol. The van der Waals surface area contributed by atoms with Gasteiger partial charge in [-0.25, -0.2) is 4.52 Å². The van der Waals surface area contributed by atoms with E-state index < -0.39 is 11.5 Å². The first kappa shape index (κ1) is 13.4. The van der Waals surface area contributed by atoms with Gasteiger partial charge < -0.3 is 9.67 Å². The Bertz CT molecular complexity index is 898. The van der Waals surface area contributed by atoms with Crippen molar-refractivity contribution in [3.05, 3.63) is 58.1 Å². The molecule has 21 heavy (non-hydrogen) atoms. The highest BCUT2D eigenvalue weighted by atomic mass is 35.5. The average Bonchev–Trinajstić information content (AvgIpc) is 2.87. The Balaban J connectivity index is 2.17. The van der Waals surface area contributed by atoms with Gasteiger partial charge >= 0.3 is 5.97 Å². The molecule has 6 nitrogen and oxygen atoms in total. The quantitative estimate of drug-likeness (QED) is 0.802. The Labute approximate surface area is 123 Å². The van der Waals surface area contributed by atoms with Crippen molar-refractivity contribution in [2.24, 2.45) is 0 Å². The third-order valence-corrected chi connectivity index (χ3v) is 3.39. The van der Waals surface area contributed by atoms with E-state index in [4.69, 9.17) is 16.7 Å². The topological polar surface area (TPSA) is 76.6 Å². The van der Waals surface area contributed by atoms with Crippen molar-refractivity contribution in [3.63, 3.8) is 0 Å². The fraction of sp³-hybridized carbons (Fsp3) is 0.0714. The molecule has 2 aromatic heterocycles. The lowest BCUT2D eigenvalue weighted by atomic mass is 10.1. The minimum Gasteiger partial charge on any atom is -0.480 e. The van der Waals surface area contributed by atoms with Crippen LogP contribution in [0.1, 0.15) is 0 Å². The van der Waals surface area contributed by atoms with Crippen molar-refractivity contribution in [1.29, 1.82) is 0 Å². The summed E-state index contributed by atoms with van der Waals surface area (Å²) in [7, 11) is 0. The van der Waals surface area contributed by atoms with Crippen LogP contribution in [0.15, 0.2) is 47.5 Å². The number of rotatable bonds is 3. The summed E-state index contributed by atoms with van der Waals surface area (Å²) in [5, 5.41) is 13.6. The minimum absolute atomic E-state index is 0.300. The van der Waals surface area contributed by atoms with Crippen molar-refractivity contribution in [2.75, 3.05) is 0 Å². The van der Waals surface area contributed by atoms with Crippen LogP contribution in [0, 0.1) is 0 Å². The van der Waals surface area contributed by atoms with Crippen molar-refractivity contribution in [3.8, 4) is 11.3 Å². The number of aromatic nitrogens is 3. The zero-order chi connectivity index (χ0) is 15.0. The van der Waals surface area contributed by atoms with E-state index >= 15 is 0 Å². The van der Waals surface area contributed by atoms with E-state index in [9.17, 15) is 9.59 Å². The minimum atomic E-state index is -1.08. The van der Waals surface area contributed by atoms with Crippen molar-refractivity contribution >= 4 is 23.1 Å². The molecule has 0 spiro atoms. The number of carboxylic acid groups (broad SMARTS) is 1.